The second kappa shape index (κ2) is 6.17. The third kappa shape index (κ3) is 4.01. The van der Waals surface area contributed by atoms with Gasteiger partial charge in [-0.05, 0) is 18.7 Å². The van der Waals surface area contributed by atoms with Crippen molar-refractivity contribution >= 4 is 11.4 Å². The number of nitro benzene ring substituents is 1. The summed E-state index contributed by atoms with van der Waals surface area (Å²) in [6.07, 6.45) is 0. The molecular formula is C11H17N3O3. The molecule has 2 N–H and O–H groups in total. The molecule has 1 aromatic carbocycles. The maximum atomic E-state index is 10.7. The minimum absolute atomic E-state index is 0.0642. The average Bonchev–Trinajstić information content (AvgIpc) is 2.29. The molecule has 0 aliphatic carbocycles. The zero-order valence-corrected chi connectivity index (χ0v) is 10.0. The molecule has 0 bridgehead atoms. The summed E-state index contributed by atoms with van der Waals surface area (Å²) >= 11 is 0. The Hall–Kier alpha value is -1.66. The van der Waals surface area contributed by atoms with E-state index in [1.165, 1.54) is 12.1 Å². The van der Waals surface area contributed by atoms with E-state index in [9.17, 15) is 10.1 Å². The average molecular weight is 239 g/mol. The van der Waals surface area contributed by atoms with Crippen LogP contribution in [0.3, 0.4) is 0 Å². The Kier molecular flexibility index (Phi) is 4.86. The number of nitrogens with zero attached hydrogens (tertiary/aromatic N) is 2. The van der Waals surface area contributed by atoms with Gasteiger partial charge in [-0.25, -0.2) is 0 Å². The van der Waals surface area contributed by atoms with Gasteiger partial charge in [0.1, 0.15) is 0 Å². The van der Waals surface area contributed by atoms with Gasteiger partial charge < -0.3 is 10.5 Å². The van der Waals surface area contributed by atoms with Crippen LogP contribution in [0.5, 0.6) is 0 Å². The number of ether oxygens (including phenoxy) is 1. The Labute approximate surface area is 100 Å². The van der Waals surface area contributed by atoms with Gasteiger partial charge in [-0.1, -0.05) is 0 Å². The molecule has 0 radical (unpaired) electrons. The van der Waals surface area contributed by atoms with Crippen molar-refractivity contribution in [2.45, 2.75) is 6.54 Å². The summed E-state index contributed by atoms with van der Waals surface area (Å²) in [6.45, 7) is 1.93. The standard InChI is InChI=1S/C11H17N3O3/c1-13(5-6-17-2)8-9-7-10(14(15)16)3-4-11(9)12/h3-4,7H,5-6,8,12H2,1-2H3. The third-order valence-electron chi connectivity index (χ3n) is 2.45. The highest BCUT2D eigenvalue weighted by molar-refractivity contribution is 5.52. The molecule has 0 heterocycles. The predicted octanol–water partition coefficient (Wildman–Crippen LogP) is 1.26. The summed E-state index contributed by atoms with van der Waals surface area (Å²) < 4.78 is 4.96. The summed E-state index contributed by atoms with van der Waals surface area (Å²) in [4.78, 5) is 12.2. The number of likely N-dealkylation sites (N-methyl/N-ethyl adjacent to an activating group) is 1. The maximum Gasteiger partial charge on any atom is 0.269 e. The summed E-state index contributed by atoms with van der Waals surface area (Å²) in [7, 11) is 3.55. The van der Waals surface area contributed by atoms with Crippen LogP contribution in [0.4, 0.5) is 11.4 Å². The van der Waals surface area contributed by atoms with Gasteiger partial charge in [-0.2, -0.15) is 0 Å². The third-order valence-corrected chi connectivity index (χ3v) is 2.45. The van der Waals surface area contributed by atoms with E-state index < -0.39 is 4.92 Å². The fourth-order valence-electron chi connectivity index (χ4n) is 1.46. The van der Waals surface area contributed by atoms with E-state index in [2.05, 4.69) is 0 Å². The van der Waals surface area contributed by atoms with Gasteiger partial charge in [0.15, 0.2) is 0 Å². The molecular weight excluding hydrogens is 222 g/mol. The first-order chi connectivity index (χ1) is 8.04. The maximum absolute atomic E-state index is 10.7. The number of methoxy groups -OCH3 is 1. The van der Waals surface area contributed by atoms with Crippen molar-refractivity contribution in [3.63, 3.8) is 0 Å². The van der Waals surface area contributed by atoms with E-state index in [-0.39, 0.29) is 5.69 Å². The van der Waals surface area contributed by atoms with Crippen LogP contribution in [-0.2, 0) is 11.3 Å². The zero-order chi connectivity index (χ0) is 12.8. The van der Waals surface area contributed by atoms with Gasteiger partial charge in [-0.3, -0.25) is 15.0 Å². The molecule has 0 aliphatic rings. The topological polar surface area (TPSA) is 81.6 Å². The molecule has 0 aliphatic heterocycles. The Morgan fingerprint density at radius 2 is 2.24 bits per heavy atom. The Morgan fingerprint density at radius 3 is 2.82 bits per heavy atom. The fraction of sp³-hybridized carbons (Fsp3) is 0.455. The van der Waals surface area contributed by atoms with E-state index in [4.69, 9.17) is 10.5 Å². The highest BCUT2D eigenvalue weighted by atomic mass is 16.6. The van der Waals surface area contributed by atoms with Crippen molar-refractivity contribution < 1.29 is 9.66 Å². The molecule has 0 atom stereocenters. The second-order valence-electron chi connectivity index (χ2n) is 3.87. The molecule has 1 aromatic rings. The van der Waals surface area contributed by atoms with Gasteiger partial charge >= 0.3 is 0 Å². The molecule has 0 amide bonds. The highest BCUT2D eigenvalue weighted by Gasteiger charge is 2.10. The summed E-state index contributed by atoms with van der Waals surface area (Å²) in [5.74, 6) is 0. The van der Waals surface area contributed by atoms with Crippen LogP contribution in [0.25, 0.3) is 0 Å². The number of nitrogens with two attached hydrogens (primary N) is 1. The summed E-state index contributed by atoms with van der Waals surface area (Å²) in [5.41, 5.74) is 7.18. The number of hydrogen-bond donors (Lipinski definition) is 1. The minimum Gasteiger partial charge on any atom is -0.398 e. The van der Waals surface area contributed by atoms with Crippen molar-refractivity contribution in [3.8, 4) is 0 Å². The monoisotopic (exact) mass is 239 g/mol. The molecule has 6 heteroatoms. The largest absolute Gasteiger partial charge is 0.398 e. The summed E-state index contributed by atoms with van der Waals surface area (Å²) in [5, 5.41) is 10.7. The molecule has 0 saturated carbocycles. The van der Waals surface area contributed by atoms with Gasteiger partial charge in [0.2, 0.25) is 0 Å². The number of nitro groups is 1. The second-order valence-corrected chi connectivity index (χ2v) is 3.87. The molecule has 0 spiro atoms. The molecule has 0 fully saturated rings. The number of rotatable bonds is 6. The Morgan fingerprint density at radius 1 is 1.53 bits per heavy atom. The molecule has 1 rings (SSSR count). The molecule has 0 unspecified atom stereocenters. The number of anilines is 1. The first-order valence-electron chi connectivity index (χ1n) is 5.25. The van der Waals surface area contributed by atoms with Crippen LogP contribution in [0.15, 0.2) is 18.2 Å². The quantitative estimate of drug-likeness (QED) is 0.459. The number of benzene rings is 1. The fourth-order valence-corrected chi connectivity index (χ4v) is 1.46. The van der Waals surface area contributed by atoms with E-state index in [1.54, 1.807) is 13.2 Å². The number of hydrogen-bond acceptors (Lipinski definition) is 5. The van der Waals surface area contributed by atoms with Crippen LogP contribution < -0.4 is 5.73 Å². The zero-order valence-electron chi connectivity index (χ0n) is 10.0. The van der Waals surface area contributed by atoms with Crippen molar-refractivity contribution in [3.05, 3.63) is 33.9 Å². The van der Waals surface area contributed by atoms with Gasteiger partial charge in [0, 0.05) is 38.0 Å². The molecule has 94 valence electrons. The van der Waals surface area contributed by atoms with Crippen LogP contribution >= 0.6 is 0 Å². The van der Waals surface area contributed by atoms with Gasteiger partial charge in [0.25, 0.3) is 5.69 Å². The Balaban J connectivity index is 2.75. The number of non-ortho nitro benzene ring substituents is 1. The first kappa shape index (κ1) is 13.4. The van der Waals surface area contributed by atoms with E-state index in [0.717, 1.165) is 12.1 Å². The smallest absolute Gasteiger partial charge is 0.269 e. The lowest BCUT2D eigenvalue weighted by Crippen LogP contribution is -2.22. The molecule has 0 aromatic heterocycles. The molecule has 0 saturated heterocycles. The van der Waals surface area contributed by atoms with E-state index in [1.807, 2.05) is 11.9 Å². The highest BCUT2D eigenvalue weighted by Crippen LogP contribution is 2.20. The lowest BCUT2D eigenvalue weighted by atomic mass is 10.1. The van der Waals surface area contributed by atoms with Crippen molar-refractivity contribution in [2.24, 2.45) is 0 Å². The normalized spacial score (nSPS) is 10.8. The van der Waals surface area contributed by atoms with E-state index in [0.29, 0.717) is 18.8 Å². The van der Waals surface area contributed by atoms with Crippen LogP contribution in [0.2, 0.25) is 0 Å². The Bertz CT molecular complexity index is 396. The molecule has 17 heavy (non-hydrogen) atoms. The van der Waals surface area contributed by atoms with Crippen LogP contribution in [0.1, 0.15) is 5.56 Å². The lowest BCUT2D eigenvalue weighted by molar-refractivity contribution is -0.384. The molecule has 6 nitrogen and oxygen atoms in total. The van der Waals surface area contributed by atoms with Crippen LogP contribution in [0, 0.1) is 10.1 Å². The SMILES string of the molecule is COCCN(C)Cc1cc([N+](=O)[O-])ccc1N. The predicted molar refractivity (Wildman–Crippen MR) is 65.7 cm³/mol. The van der Waals surface area contributed by atoms with Crippen molar-refractivity contribution in [2.75, 3.05) is 33.0 Å². The summed E-state index contributed by atoms with van der Waals surface area (Å²) in [6, 6.07) is 4.49. The lowest BCUT2D eigenvalue weighted by Gasteiger charge is -2.17. The van der Waals surface area contributed by atoms with Crippen molar-refractivity contribution in [1.82, 2.24) is 4.90 Å². The van der Waals surface area contributed by atoms with Gasteiger partial charge in [-0.15, -0.1) is 0 Å². The van der Waals surface area contributed by atoms with E-state index >= 15 is 0 Å². The van der Waals surface area contributed by atoms with Crippen molar-refractivity contribution in [1.29, 1.82) is 0 Å². The minimum atomic E-state index is -0.419. The van der Waals surface area contributed by atoms with Gasteiger partial charge in [0.05, 0.1) is 11.5 Å². The first-order valence-corrected chi connectivity index (χ1v) is 5.25. The number of nitrogen functional groups attached to an aromatic ring is 1. The van der Waals surface area contributed by atoms with Crippen LogP contribution in [-0.4, -0.2) is 37.1 Å².